The first-order valence-electron chi connectivity index (χ1n) is 21.8. The molecular weight excluding hydrogens is 829 g/mol. The van der Waals surface area contributed by atoms with Crippen molar-refractivity contribution in [2.45, 2.75) is 0 Å². The number of aliphatic imine (C=N–C) groups is 6. The van der Waals surface area contributed by atoms with E-state index >= 15 is 0 Å². The van der Waals surface area contributed by atoms with Crippen LogP contribution in [0.1, 0.15) is 0 Å². The highest BCUT2D eigenvalue weighted by Crippen LogP contribution is 2.47. The van der Waals surface area contributed by atoms with E-state index in [1.165, 1.54) is 0 Å². The summed E-state index contributed by atoms with van der Waals surface area (Å²) in [5.41, 5.74) is 4.26. The predicted octanol–water partition coefficient (Wildman–Crippen LogP) is 5.81. The average Bonchev–Trinajstić information content (AvgIpc) is 3.19. The molecule has 0 saturated heterocycles. The molecule has 0 saturated carbocycles. The van der Waals surface area contributed by atoms with Crippen molar-refractivity contribution in [1.82, 2.24) is 58.8 Å². The summed E-state index contributed by atoms with van der Waals surface area (Å²) >= 11 is 0. The van der Waals surface area contributed by atoms with Crippen molar-refractivity contribution < 1.29 is 0 Å². The zero-order valence-corrected chi connectivity index (χ0v) is 44.5. The van der Waals surface area contributed by atoms with Gasteiger partial charge in [-0.15, -0.1) is 0 Å². The first-order chi connectivity index (χ1) is 30.7. The lowest BCUT2D eigenvalue weighted by Crippen LogP contribution is -2.35. The Morgan fingerprint density at radius 1 is 0.197 bits per heavy atom. The van der Waals surface area contributed by atoms with Gasteiger partial charge in [0.05, 0.1) is 34.1 Å². The molecule has 4 rings (SSSR count). The lowest BCUT2D eigenvalue weighted by Gasteiger charge is -2.25. The van der Waals surface area contributed by atoms with Crippen LogP contribution in [0.25, 0.3) is 32.3 Å². The van der Waals surface area contributed by atoms with Crippen LogP contribution >= 0.6 is 0 Å². The molecule has 0 aromatic heterocycles. The molecule has 0 heterocycles. The number of hydrogen-bond acceptors (Lipinski definition) is 6. The minimum Gasteiger partial charge on any atom is -0.349 e. The van der Waals surface area contributed by atoms with Crippen LogP contribution in [0.4, 0.5) is 34.1 Å². The lowest BCUT2D eigenvalue weighted by atomic mass is 9.92. The maximum Gasteiger partial charge on any atom is 0.200 e. The molecule has 18 heteroatoms. The van der Waals surface area contributed by atoms with Gasteiger partial charge in [-0.2, -0.15) is 0 Å². The van der Waals surface area contributed by atoms with Crippen LogP contribution in [0.5, 0.6) is 0 Å². The molecule has 0 atom stereocenters. The molecule has 0 N–H and O–H groups in total. The highest BCUT2D eigenvalue weighted by Gasteiger charge is 2.22. The second-order valence-electron chi connectivity index (χ2n) is 18.9. The molecule has 4 aromatic rings. The fraction of sp³-hybridized carbons (Fsp3) is 0.500. The van der Waals surface area contributed by atoms with Gasteiger partial charge in [0.2, 0.25) is 35.8 Å². The van der Waals surface area contributed by atoms with E-state index in [1.54, 1.807) is 0 Å². The molecule has 360 valence electrons. The van der Waals surface area contributed by atoms with Gasteiger partial charge < -0.3 is 58.8 Å². The third-order valence-corrected chi connectivity index (χ3v) is 10.3. The topological polar surface area (TPSA) is 113 Å². The summed E-state index contributed by atoms with van der Waals surface area (Å²) < 4.78 is 0. The zero-order chi connectivity index (χ0) is 49.8. The van der Waals surface area contributed by atoms with Crippen molar-refractivity contribution >= 4 is 102 Å². The van der Waals surface area contributed by atoms with Crippen molar-refractivity contribution in [3.8, 4) is 0 Å². The minimum atomic E-state index is 0.710. The molecule has 0 aliphatic carbocycles. The second kappa shape index (κ2) is 21.1. The monoisotopic (exact) mass is 907 g/mol. The van der Waals surface area contributed by atoms with E-state index in [0.717, 1.165) is 68.1 Å². The Balaban J connectivity index is 2.58. The molecule has 0 amide bonds. The number of guanidine groups is 6. The average molecular weight is 907 g/mol. The Morgan fingerprint density at radius 3 is 0.364 bits per heavy atom. The summed E-state index contributed by atoms with van der Waals surface area (Å²) in [6.45, 7) is 0. The molecule has 0 unspecified atom stereocenters. The van der Waals surface area contributed by atoms with Crippen LogP contribution in [-0.2, 0) is 0 Å². The van der Waals surface area contributed by atoms with E-state index in [-0.39, 0.29) is 0 Å². The summed E-state index contributed by atoms with van der Waals surface area (Å²) in [5, 5.41) is 5.84. The van der Waals surface area contributed by atoms with E-state index in [0.29, 0.717) is 34.1 Å². The Hall–Kier alpha value is -6.72. The maximum atomic E-state index is 5.35. The third-order valence-electron chi connectivity index (χ3n) is 10.3. The predicted molar refractivity (Wildman–Crippen MR) is 286 cm³/mol. The molecule has 0 fully saturated rings. The SMILES string of the molecule is CN(C)C(=Nc1cc2c3cc(N=C(N(C)C)N(C)C)c(N=C(N(C)C)N(C)C)cc3c3cc(N=C(N(C)C)N(C)C)c(N=C(N(C)C)N(C)C)cc3c2cc1N=C(N(C)C)N(C)C)N(C)C. The van der Waals surface area contributed by atoms with Gasteiger partial charge in [-0.1, -0.05) is 0 Å². The molecule has 0 radical (unpaired) electrons. The normalized spacial score (nSPS) is 10.7. The molecule has 18 nitrogen and oxygen atoms in total. The van der Waals surface area contributed by atoms with Gasteiger partial charge in [0.1, 0.15) is 0 Å². The van der Waals surface area contributed by atoms with Crippen LogP contribution in [0.2, 0.25) is 0 Å². The minimum absolute atomic E-state index is 0.710. The fourth-order valence-corrected chi connectivity index (χ4v) is 7.85. The number of hydrogen-bond donors (Lipinski definition) is 0. The Kier molecular flexibility index (Phi) is 16.6. The smallest absolute Gasteiger partial charge is 0.200 e. The number of fused-ring (bicyclic) bond motifs is 6. The van der Waals surface area contributed by atoms with Crippen molar-refractivity contribution in [2.75, 3.05) is 169 Å². The van der Waals surface area contributed by atoms with E-state index < -0.39 is 0 Å². The summed E-state index contributed by atoms with van der Waals surface area (Å²) in [6, 6.07) is 13.0. The van der Waals surface area contributed by atoms with Gasteiger partial charge in [0.25, 0.3) is 0 Å². The lowest BCUT2D eigenvalue weighted by molar-refractivity contribution is 0.483. The molecule has 0 bridgehead atoms. The zero-order valence-electron chi connectivity index (χ0n) is 44.5. The van der Waals surface area contributed by atoms with E-state index in [2.05, 4.69) is 36.4 Å². The van der Waals surface area contributed by atoms with E-state index in [1.807, 2.05) is 228 Å². The van der Waals surface area contributed by atoms with Crippen LogP contribution in [0, 0.1) is 0 Å². The summed E-state index contributed by atoms with van der Waals surface area (Å²) in [5.74, 6) is 4.62. The van der Waals surface area contributed by atoms with Gasteiger partial charge >= 0.3 is 0 Å². The number of nitrogens with zero attached hydrogens (tertiary/aromatic N) is 18. The van der Waals surface area contributed by atoms with Gasteiger partial charge in [0.15, 0.2) is 0 Å². The Labute approximate surface area is 395 Å². The van der Waals surface area contributed by atoms with Crippen LogP contribution in [0.15, 0.2) is 66.4 Å². The van der Waals surface area contributed by atoms with Crippen LogP contribution in [-0.4, -0.2) is 264 Å². The highest BCUT2D eigenvalue weighted by molar-refractivity contribution is 6.28. The first kappa shape index (κ1) is 51.9. The summed E-state index contributed by atoms with van der Waals surface area (Å²) in [4.78, 5) is 56.2. The van der Waals surface area contributed by atoms with Gasteiger partial charge in [0, 0.05) is 169 Å². The molecule has 0 spiro atoms. The molecule has 4 aromatic carbocycles. The standard InChI is InChI=1S/C48H78N18/c1-55(2)43(56(3)4)49-37-25-31-32(26-38(37)50-44(57(5)6)58(7)8)34-28-40(52-46(61(13)14)62(15)16)42(54-48(65(21)22)66(23)24)30-36(34)35-29-41(53-47(63(17)18)64(19)20)39(27-33(31)35)51-45(59(9)10)60(11)12/h25-30H,1-24H3. The largest absolute Gasteiger partial charge is 0.349 e. The maximum absolute atomic E-state index is 5.35. The highest BCUT2D eigenvalue weighted by atomic mass is 15.4. The Bertz CT molecular complexity index is 2020. The molecule has 0 aliphatic rings. The molecule has 0 aliphatic heterocycles. The first-order valence-corrected chi connectivity index (χ1v) is 21.8. The molecule has 66 heavy (non-hydrogen) atoms. The number of rotatable bonds is 6. The fourth-order valence-electron chi connectivity index (χ4n) is 7.85. The van der Waals surface area contributed by atoms with Crippen LogP contribution < -0.4 is 0 Å². The van der Waals surface area contributed by atoms with Crippen molar-refractivity contribution in [3.63, 3.8) is 0 Å². The quantitative estimate of drug-likeness (QED) is 0.132. The second-order valence-corrected chi connectivity index (χ2v) is 18.9. The van der Waals surface area contributed by atoms with Gasteiger partial charge in [-0.05, 0) is 68.7 Å². The summed E-state index contributed by atoms with van der Waals surface area (Å²) in [6.07, 6.45) is 0. The van der Waals surface area contributed by atoms with Crippen molar-refractivity contribution in [2.24, 2.45) is 30.0 Å². The van der Waals surface area contributed by atoms with Gasteiger partial charge in [-0.3, -0.25) is 0 Å². The third kappa shape index (κ3) is 11.6. The van der Waals surface area contributed by atoms with Crippen molar-refractivity contribution in [1.29, 1.82) is 0 Å². The van der Waals surface area contributed by atoms with Gasteiger partial charge in [-0.25, -0.2) is 30.0 Å². The molecular formula is C48H78N18. The summed E-state index contributed by atoms with van der Waals surface area (Å²) in [7, 11) is 48.0. The van der Waals surface area contributed by atoms with Crippen LogP contribution in [0.3, 0.4) is 0 Å². The van der Waals surface area contributed by atoms with E-state index in [9.17, 15) is 0 Å². The Morgan fingerprint density at radius 2 is 0.288 bits per heavy atom. The van der Waals surface area contributed by atoms with Crippen molar-refractivity contribution in [3.05, 3.63) is 36.4 Å². The number of benzene rings is 4. The van der Waals surface area contributed by atoms with E-state index in [4.69, 9.17) is 30.0 Å².